The SMILES string of the molecule is O=C(Nc1ccccc1C#CCCO)C1CCOCC1. The molecule has 0 aliphatic carbocycles. The van der Waals surface area contributed by atoms with Crippen LogP contribution in [0.5, 0.6) is 0 Å². The van der Waals surface area contributed by atoms with Crippen molar-refractivity contribution in [2.75, 3.05) is 25.1 Å². The molecule has 4 nitrogen and oxygen atoms in total. The van der Waals surface area contributed by atoms with Gasteiger partial charge in [0.05, 0.1) is 12.3 Å². The Balaban J connectivity index is 2.05. The van der Waals surface area contributed by atoms with E-state index in [-0.39, 0.29) is 18.4 Å². The Morgan fingerprint density at radius 2 is 2.10 bits per heavy atom. The number of para-hydroxylation sites is 1. The minimum absolute atomic E-state index is 0.0159. The molecule has 2 rings (SSSR count). The third-order valence-corrected chi connectivity index (χ3v) is 3.24. The molecule has 0 aromatic heterocycles. The van der Waals surface area contributed by atoms with Crippen LogP contribution in [0.25, 0.3) is 0 Å². The van der Waals surface area contributed by atoms with E-state index in [2.05, 4.69) is 17.2 Å². The number of hydrogen-bond acceptors (Lipinski definition) is 3. The van der Waals surface area contributed by atoms with E-state index in [4.69, 9.17) is 9.84 Å². The molecular weight excluding hydrogens is 254 g/mol. The third-order valence-electron chi connectivity index (χ3n) is 3.24. The first-order chi connectivity index (χ1) is 9.81. The van der Waals surface area contributed by atoms with Crippen molar-refractivity contribution in [1.29, 1.82) is 0 Å². The van der Waals surface area contributed by atoms with E-state index in [0.29, 0.717) is 19.6 Å². The van der Waals surface area contributed by atoms with E-state index in [1.807, 2.05) is 24.3 Å². The van der Waals surface area contributed by atoms with E-state index in [9.17, 15) is 4.79 Å². The summed E-state index contributed by atoms with van der Waals surface area (Å²) >= 11 is 0. The van der Waals surface area contributed by atoms with Gasteiger partial charge in [-0.15, -0.1) is 0 Å². The van der Waals surface area contributed by atoms with E-state index >= 15 is 0 Å². The molecule has 1 aromatic rings. The van der Waals surface area contributed by atoms with Crippen molar-refractivity contribution in [3.63, 3.8) is 0 Å². The molecule has 0 saturated carbocycles. The first-order valence-electron chi connectivity index (χ1n) is 6.88. The number of hydrogen-bond donors (Lipinski definition) is 2. The second-order valence-electron chi connectivity index (χ2n) is 4.70. The van der Waals surface area contributed by atoms with Crippen molar-refractivity contribution in [3.8, 4) is 11.8 Å². The average molecular weight is 273 g/mol. The molecule has 1 fully saturated rings. The van der Waals surface area contributed by atoms with Crippen LogP contribution in [0, 0.1) is 17.8 Å². The summed E-state index contributed by atoms with van der Waals surface area (Å²) in [4.78, 5) is 12.2. The molecule has 0 spiro atoms. The highest BCUT2D eigenvalue weighted by Gasteiger charge is 2.21. The number of anilines is 1. The van der Waals surface area contributed by atoms with Gasteiger partial charge >= 0.3 is 0 Å². The zero-order valence-electron chi connectivity index (χ0n) is 11.4. The lowest BCUT2D eigenvalue weighted by Crippen LogP contribution is -2.28. The van der Waals surface area contributed by atoms with E-state index in [1.54, 1.807) is 0 Å². The highest BCUT2D eigenvalue weighted by molar-refractivity contribution is 5.93. The van der Waals surface area contributed by atoms with Crippen molar-refractivity contribution in [1.82, 2.24) is 0 Å². The molecule has 0 unspecified atom stereocenters. The number of benzene rings is 1. The molecule has 1 aliphatic heterocycles. The topological polar surface area (TPSA) is 58.6 Å². The summed E-state index contributed by atoms with van der Waals surface area (Å²) in [6, 6.07) is 7.47. The van der Waals surface area contributed by atoms with Gasteiger partial charge < -0.3 is 15.2 Å². The molecule has 20 heavy (non-hydrogen) atoms. The van der Waals surface area contributed by atoms with Crippen LogP contribution in [-0.2, 0) is 9.53 Å². The average Bonchev–Trinajstić information content (AvgIpc) is 2.50. The number of carbonyl (C=O) groups is 1. The fourth-order valence-electron chi connectivity index (χ4n) is 2.11. The van der Waals surface area contributed by atoms with E-state index in [1.165, 1.54) is 0 Å². The van der Waals surface area contributed by atoms with Crippen LogP contribution in [-0.4, -0.2) is 30.8 Å². The van der Waals surface area contributed by atoms with Gasteiger partial charge in [0.2, 0.25) is 5.91 Å². The van der Waals surface area contributed by atoms with Gasteiger partial charge in [0.1, 0.15) is 0 Å². The predicted octanol–water partition coefficient (Wildman–Crippen LogP) is 1.79. The van der Waals surface area contributed by atoms with Gasteiger partial charge in [-0.3, -0.25) is 4.79 Å². The van der Waals surface area contributed by atoms with Gasteiger partial charge in [0.25, 0.3) is 0 Å². The standard InChI is InChI=1S/C16H19NO3/c18-10-4-3-6-13-5-1-2-7-15(13)17-16(19)14-8-11-20-12-9-14/h1-2,5,7,14,18H,4,8-12H2,(H,17,19). The second-order valence-corrected chi connectivity index (χ2v) is 4.70. The van der Waals surface area contributed by atoms with Gasteiger partial charge in [-0.25, -0.2) is 0 Å². The zero-order chi connectivity index (χ0) is 14.2. The smallest absolute Gasteiger partial charge is 0.227 e. The van der Waals surface area contributed by atoms with Crippen LogP contribution >= 0.6 is 0 Å². The minimum atomic E-state index is 0.0159. The fraction of sp³-hybridized carbons (Fsp3) is 0.438. The van der Waals surface area contributed by atoms with E-state index < -0.39 is 0 Å². The summed E-state index contributed by atoms with van der Waals surface area (Å²) < 4.78 is 5.26. The lowest BCUT2D eigenvalue weighted by molar-refractivity contribution is -0.122. The van der Waals surface area contributed by atoms with E-state index in [0.717, 1.165) is 24.1 Å². The Morgan fingerprint density at radius 3 is 2.85 bits per heavy atom. The van der Waals surface area contributed by atoms with Gasteiger partial charge in [0.15, 0.2) is 0 Å². The Bertz CT molecular complexity index is 510. The highest BCUT2D eigenvalue weighted by atomic mass is 16.5. The molecule has 0 atom stereocenters. The zero-order valence-corrected chi connectivity index (χ0v) is 11.4. The minimum Gasteiger partial charge on any atom is -0.395 e. The van der Waals surface area contributed by atoms with Crippen LogP contribution < -0.4 is 5.32 Å². The van der Waals surface area contributed by atoms with Crippen molar-refractivity contribution in [3.05, 3.63) is 29.8 Å². The number of nitrogens with one attached hydrogen (secondary N) is 1. The second kappa shape index (κ2) is 7.68. The summed E-state index contributed by atoms with van der Waals surface area (Å²) in [5, 5.41) is 11.7. The normalized spacial score (nSPS) is 15.2. The van der Waals surface area contributed by atoms with Gasteiger partial charge in [-0.05, 0) is 25.0 Å². The first kappa shape index (κ1) is 14.6. The molecule has 2 N–H and O–H groups in total. The predicted molar refractivity (Wildman–Crippen MR) is 77.2 cm³/mol. The van der Waals surface area contributed by atoms with Crippen molar-refractivity contribution < 1.29 is 14.6 Å². The van der Waals surface area contributed by atoms with Crippen LogP contribution in [0.3, 0.4) is 0 Å². The lowest BCUT2D eigenvalue weighted by Gasteiger charge is -2.21. The third kappa shape index (κ3) is 4.09. The van der Waals surface area contributed by atoms with Crippen molar-refractivity contribution in [2.45, 2.75) is 19.3 Å². The monoisotopic (exact) mass is 273 g/mol. The molecule has 1 aromatic carbocycles. The van der Waals surface area contributed by atoms with Crippen LogP contribution in [0.2, 0.25) is 0 Å². The molecule has 1 amide bonds. The maximum absolute atomic E-state index is 12.2. The number of aliphatic hydroxyl groups excluding tert-OH is 1. The van der Waals surface area contributed by atoms with Crippen molar-refractivity contribution in [2.24, 2.45) is 5.92 Å². The molecule has 0 bridgehead atoms. The lowest BCUT2D eigenvalue weighted by atomic mass is 9.99. The fourth-order valence-corrected chi connectivity index (χ4v) is 2.11. The molecule has 1 heterocycles. The summed E-state index contributed by atoms with van der Waals surface area (Å²) in [7, 11) is 0. The molecule has 4 heteroatoms. The molecule has 106 valence electrons. The Hall–Kier alpha value is -1.83. The summed E-state index contributed by atoms with van der Waals surface area (Å²) in [6.45, 7) is 1.34. The van der Waals surface area contributed by atoms with Crippen molar-refractivity contribution >= 4 is 11.6 Å². The van der Waals surface area contributed by atoms with Gasteiger partial charge in [-0.2, -0.15) is 0 Å². The number of amides is 1. The number of ether oxygens (including phenoxy) is 1. The quantitative estimate of drug-likeness (QED) is 0.825. The maximum atomic E-state index is 12.2. The highest BCUT2D eigenvalue weighted by Crippen LogP contribution is 2.19. The summed E-state index contributed by atoms with van der Waals surface area (Å²) in [6.07, 6.45) is 1.97. The van der Waals surface area contributed by atoms with Crippen LogP contribution in [0.15, 0.2) is 24.3 Å². The molecule has 0 radical (unpaired) electrons. The molecule has 1 aliphatic rings. The molecular formula is C16H19NO3. The number of aliphatic hydroxyl groups is 1. The first-order valence-corrected chi connectivity index (χ1v) is 6.88. The Labute approximate surface area is 119 Å². The van der Waals surface area contributed by atoms with Crippen LogP contribution in [0.4, 0.5) is 5.69 Å². The summed E-state index contributed by atoms with van der Waals surface area (Å²) in [5.74, 6) is 5.89. The number of rotatable bonds is 3. The Kier molecular flexibility index (Phi) is 5.60. The molecule has 1 saturated heterocycles. The van der Waals surface area contributed by atoms with Gasteiger partial charge in [0, 0.05) is 31.1 Å². The van der Waals surface area contributed by atoms with Crippen LogP contribution in [0.1, 0.15) is 24.8 Å². The van der Waals surface area contributed by atoms with Gasteiger partial charge in [-0.1, -0.05) is 24.0 Å². The largest absolute Gasteiger partial charge is 0.395 e. The maximum Gasteiger partial charge on any atom is 0.227 e. The summed E-state index contributed by atoms with van der Waals surface area (Å²) in [5.41, 5.74) is 1.51. The Morgan fingerprint density at radius 1 is 1.35 bits per heavy atom. The number of carbonyl (C=O) groups excluding carboxylic acids is 1.